The van der Waals surface area contributed by atoms with Crippen molar-refractivity contribution >= 4 is 11.4 Å². The number of hydrogen-bond acceptors (Lipinski definition) is 4. The van der Waals surface area contributed by atoms with Crippen molar-refractivity contribution in [2.75, 3.05) is 7.11 Å². The van der Waals surface area contributed by atoms with Crippen LogP contribution < -0.4 is 10.1 Å². The highest BCUT2D eigenvalue weighted by Crippen LogP contribution is 2.25. The highest BCUT2D eigenvalue weighted by Gasteiger charge is 2.40. The van der Waals surface area contributed by atoms with E-state index in [1.54, 1.807) is 42.6 Å². The van der Waals surface area contributed by atoms with Crippen molar-refractivity contribution in [1.82, 2.24) is 19.9 Å². The summed E-state index contributed by atoms with van der Waals surface area (Å²) < 4.78 is 44.9. The SMILES string of the molecule is C#CC(NC(=O)c1ncc2c(C)cc(-c3cccc(OC)c3)nn12)C(F)(F)F. The lowest BCUT2D eigenvalue weighted by atomic mass is 10.1. The van der Waals surface area contributed by atoms with Gasteiger partial charge in [-0.3, -0.25) is 4.79 Å². The summed E-state index contributed by atoms with van der Waals surface area (Å²) >= 11 is 0. The zero-order valence-electron chi connectivity index (χ0n) is 14.9. The monoisotopic (exact) mass is 388 g/mol. The molecule has 1 N–H and O–H groups in total. The fraction of sp³-hybridized carbons (Fsp3) is 0.211. The highest BCUT2D eigenvalue weighted by molar-refractivity contribution is 5.92. The van der Waals surface area contributed by atoms with Gasteiger partial charge in [0.15, 0.2) is 6.04 Å². The summed E-state index contributed by atoms with van der Waals surface area (Å²) in [6.45, 7) is 1.78. The largest absolute Gasteiger partial charge is 0.497 e. The van der Waals surface area contributed by atoms with Crippen LogP contribution in [0.2, 0.25) is 0 Å². The number of aryl methyl sites for hydroxylation is 1. The van der Waals surface area contributed by atoms with Gasteiger partial charge in [-0.05, 0) is 30.7 Å². The lowest BCUT2D eigenvalue weighted by molar-refractivity contribution is -0.140. The maximum atomic E-state index is 12.8. The molecule has 0 saturated carbocycles. The van der Waals surface area contributed by atoms with Gasteiger partial charge in [0.2, 0.25) is 5.82 Å². The second kappa shape index (κ2) is 7.23. The van der Waals surface area contributed by atoms with Crippen molar-refractivity contribution in [2.24, 2.45) is 0 Å². The molecule has 0 fully saturated rings. The Morgan fingerprint density at radius 2 is 2.11 bits per heavy atom. The molecule has 2 heterocycles. The average molecular weight is 388 g/mol. The molecule has 0 aliphatic rings. The van der Waals surface area contributed by atoms with E-state index < -0.39 is 18.1 Å². The number of halogens is 3. The quantitative estimate of drug-likeness (QED) is 0.698. The summed E-state index contributed by atoms with van der Waals surface area (Å²) in [5, 5.41) is 6.12. The van der Waals surface area contributed by atoms with Crippen molar-refractivity contribution in [3.8, 4) is 29.4 Å². The highest BCUT2D eigenvalue weighted by atomic mass is 19.4. The van der Waals surface area contributed by atoms with E-state index in [1.807, 2.05) is 0 Å². The van der Waals surface area contributed by atoms with Crippen LogP contribution >= 0.6 is 0 Å². The molecule has 1 unspecified atom stereocenters. The summed E-state index contributed by atoms with van der Waals surface area (Å²) in [6, 6.07) is 6.45. The molecule has 3 rings (SSSR count). The first-order valence-corrected chi connectivity index (χ1v) is 8.08. The Hall–Kier alpha value is -3.54. The second-order valence-corrected chi connectivity index (χ2v) is 5.94. The first kappa shape index (κ1) is 19.2. The number of alkyl halides is 3. The van der Waals surface area contributed by atoms with Crippen LogP contribution in [-0.2, 0) is 0 Å². The zero-order chi connectivity index (χ0) is 20.5. The van der Waals surface area contributed by atoms with E-state index in [9.17, 15) is 18.0 Å². The number of terminal acetylenes is 1. The molecule has 6 nitrogen and oxygen atoms in total. The number of rotatable bonds is 4. The van der Waals surface area contributed by atoms with Crippen LogP contribution in [0.15, 0.2) is 36.5 Å². The Kier molecular flexibility index (Phi) is 4.96. The number of ether oxygens (including phenoxy) is 1. The second-order valence-electron chi connectivity index (χ2n) is 5.94. The number of aromatic nitrogens is 3. The molecule has 28 heavy (non-hydrogen) atoms. The standard InChI is InChI=1S/C19H15F3N4O2/c1-4-16(19(20,21)22)24-18(27)17-23-10-15-11(2)8-14(25-26(15)17)12-6-5-7-13(9-12)28-3/h1,5-10,16H,2-3H3,(H,24,27). The van der Waals surface area contributed by atoms with Crippen molar-refractivity contribution in [1.29, 1.82) is 0 Å². The van der Waals surface area contributed by atoms with Crippen LogP contribution in [0.4, 0.5) is 13.2 Å². The van der Waals surface area contributed by atoms with Gasteiger partial charge >= 0.3 is 6.18 Å². The van der Waals surface area contributed by atoms with E-state index in [0.717, 1.165) is 5.56 Å². The molecular weight excluding hydrogens is 373 g/mol. The van der Waals surface area contributed by atoms with Gasteiger partial charge in [-0.25, -0.2) is 9.50 Å². The third kappa shape index (κ3) is 3.62. The van der Waals surface area contributed by atoms with E-state index in [1.165, 1.54) is 23.7 Å². The van der Waals surface area contributed by atoms with E-state index >= 15 is 0 Å². The third-order valence-electron chi connectivity index (χ3n) is 4.04. The Bertz CT molecular complexity index is 1080. The minimum atomic E-state index is -4.77. The average Bonchev–Trinajstić information content (AvgIpc) is 3.09. The summed E-state index contributed by atoms with van der Waals surface area (Å²) in [4.78, 5) is 16.3. The number of benzene rings is 1. The van der Waals surface area contributed by atoms with E-state index in [2.05, 4.69) is 10.1 Å². The normalized spacial score (nSPS) is 12.4. The molecule has 1 amide bonds. The molecule has 3 aromatic rings. The van der Waals surface area contributed by atoms with Crippen molar-refractivity contribution in [3.05, 3.63) is 47.9 Å². The Morgan fingerprint density at radius 3 is 2.75 bits per heavy atom. The van der Waals surface area contributed by atoms with Crippen molar-refractivity contribution in [3.63, 3.8) is 0 Å². The summed E-state index contributed by atoms with van der Waals surface area (Å²) in [6.07, 6.45) is 1.48. The predicted octanol–water partition coefficient (Wildman–Crippen LogP) is 3.01. The van der Waals surface area contributed by atoms with E-state index in [4.69, 9.17) is 11.2 Å². The summed E-state index contributed by atoms with van der Waals surface area (Å²) in [5.41, 5.74) is 2.44. The summed E-state index contributed by atoms with van der Waals surface area (Å²) in [7, 11) is 1.53. The maximum Gasteiger partial charge on any atom is 0.420 e. The molecule has 0 saturated heterocycles. The lowest BCUT2D eigenvalue weighted by Gasteiger charge is -2.15. The Labute approximate surface area is 158 Å². The van der Waals surface area contributed by atoms with Crippen LogP contribution in [0.1, 0.15) is 16.2 Å². The van der Waals surface area contributed by atoms with Crippen LogP contribution in [0, 0.1) is 19.3 Å². The number of carbonyl (C=O) groups excluding carboxylic acids is 1. The van der Waals surface area contributed by atoms with Crippen LogP contribution in [-0.4, -0.2) is 39.8 Å². The fourth-order valence-corrected chi connectivity index (χ4v) is 2.62. The first-order chi connectivity index (χ1) is 13.2. The van der Waals surface area contributed by atoms with Gasteiger partial charge in [0.25, 0.3) is 5.91 Å². The van der Waals surface area contributed by atoms with Crippen molar-refractivity contribution in [2.45, 2.75) is 19.1 Å². The fourth-order valence-electron chi connectivity index (χ4n) is 2.62. The van der Waals surface area contributed by atoms with Gasteiger partial charge in [-0.2, -0.15) is 18.3 Å². The molecule has 0 aliphatic heterocycles. The molecular formula is C19H15F3N4O2. The van der Waals surface area contributed by atoms with Gasteiger partial charge in [0.05, 0.1) is 24.5 Å². The van der Waals surface area contributed by atoms with Gasteiger partial charge < -0.3 is 10.1 Å². The molecule has 144 valence electrons. The number of hydrogen-bond donors (Lipinski definition) is 1. The Balaban J connectivity index is 2.04. The minimum absolute atomic E-state index is 0.299. The van der Waals surface area contributed by atoms with Crippen LogP contribution in [0.25, 0.3) is 16.8 Å². The molecule has 1 atom stereocenters. The number of imidazole rings is 1. The Morgan fingerprint density at radius 1 is 1.36 bits per heavy atom. The number of carbonyl (C=O) groups is 1. The smallest absolute Gasteiger partial charge is 0.420 e. The van der Waals surface area contributed by atoms with Crippen LogP contribution in [0.3, 0.4) is 0 Å². The number of amides is 1. The predicted molar refractivity (Wildman–Crippen MR) is 95.9 cm³/mol. The van der Waals surface area contributed by atoms with E-state index in [0.29, 0.717) is 22.5 Å². The molecule has 0 radical (unpaired) electrons. The van der Waals surface area contributed by atoms with Gasteiger partial charge in [0, 0.05) is 5.56 Å². The van der Waals surface area contributed by atoms with Crippen LogP contribution in [0.5, 0.6) is 5.75 Å². The number of nitrogens with one attached hydrogen (secondary N) is 1. The molecule has 1 aromatic carbocycles. The van der Waals surface area contributed by atoms with Gasteiger partial charge in [-0.15, -0.1) is 6.42 Å². The first-order valence-electron chi connectivity index (χ1n) is 8.08. The maximum absolute atomic E-state index is 12.8. The molecule has 2 aromatic heterocycles. The van der Waals surface area contributed by atoms with E-state index in [-0.39, 0.29) is 5.82 Å². The van der Waals surface area contributed by atoms with Crippen molar-refractivity contribution < 1.29 is 22.7 Å². The number of fused-ring (bicyclic) bond motifs is 1. The van der Waals surface area contributed by atoms with Gasteiger partial charge in [0.1, 0.15) is 5.75 Å². The third-order valence-corrected chi connectivity index (χ3v) is 4.04. The molecule has 0 spiro atoms. The zero-order valence-corrected chi connectivity index (χ0v) is 14.9. The number of methoxy groups -OCH3 is 1. The lowest BCUT2D eigenvalue weighted by Crippen LogP contribution is -2.44. The summed E-state index contributed by atoms with van der Waals surface area (Å²) in [5.74, 6) is 0.757. The molecule has 0 aliphatic carbocycles. The molecule has 9 heteroatoms. The molecule has 0 bridgehead atoms. The topological polar surface area (TPSA) is 68.5 Å². The van der Waals surface area contributed by atoms with Gasteiger partial charge in [-0.1, -0.05) is 18.1 Å². The minimum Gasteiger partial charge on any atom is -0.497 e. The number of nitrogens with zero attached hydrogens (tertiary/aromatic N) is 3.